The van der Waals surface area contributed by atoms with Crippen molar-refractivity contribution in [2.24, 2.45) is 10.4 Å². The van der Waals surface area contributed by atoms with Crippen LogP contribution in [0.15, 0.2) is 29.3 Å². The molecule has 0 heterocycles. The first-order valence-electron chi connectivity index (χ1n) is 9.05. The van der Waals surface area contributed by atoms with E-state index in [9.17, 15) is 9.50 Å². The third kappa shape index (κ3) is 5.78. The van der Waals surface area contributed by atoms with Crippen molar-refractivity contribution in [3.05, 3.63) is 35.6 Å². The fourth-order valence-corrected chi connectivity index (χ4v) is 3.43. The van der Waals surface area contributed by atoms with Gasteiger partial charge in [0, 0.05) is 19.7 Å². The zero-order chi connectivity index (χ0) is 17.3. The highest BCUT2D eigenvalue weighted by Gasteiger charge is 2.31. The molecule has 0 spiro atoms. The van der Waals surface area contributed by atoms with Crippen LogP contribution in [0.2, 0.25) is 0 Å². The van der Waals surface area contributed by atoms with Crippen LogP contribution >= 0.6 is 0 Å². The molecule has 0 amide bonds. The van der Waals surface area contributed by atoms with E-state index in [4.69, 9.17) is 0 Å². The summed E-state index contributed by atoms with van der Waals surface area (Å²) in [6.45, 7) is 4.43. The van der Waals surface area contributed by atoms with Crippen molar-refractivity contribution >= 4 is 5.96 Å². The second kappa shape index (κ2) is 9.62. The van der Waals surface area contributed by atoms with Gasteiger partial charge < -0.3 is 15.7 Å². The molecule has 0 bridgehead atoms. The zero-order valence-corrected chi connectivity index (χ0v) is 14.7. The van der Waals surface area contributed by atoms with E-state index in [1.807, 2.05) is 6.92 Å². The minimum atomic E-state index is -0.226. The molecular formula is C19H30FN3O. The molecule has 2 rings (SSSR count). The fraction of sp³-hybridized carbons (Fsp3) is 0.632. The summed E-state index contributed by atoms with van der Waals surface area (Å²) in [5, 5.41) is 16.1. The van der Waals surface area contributed by atoms with E-state index in [1.165, 1.54) is 31.4 Å². The van der Waals surface area contributed by atoms with Crippen molar-refractivity contribution in [1.82, 2.24) is 10.6 Å². The van der Waals surface area contributed by atoms with Gasteiger partial charge in [0.15, 0.2) is 5.96 Å². The van der Waals surface area contributed by atoms with Crippen LogP contribution in [0.3, 0.4) is 0 Å². The van der Waals surface area contributed by atoms with Gasteiger partial charge in [0.2, 0.25) is 0 Å². The number of aliphatic hydroxyl groups is 1. The van der Waals surface area contributed by atoms with E-state index in [1.54, 1.807) is 12.1 Å². The number of benzene rings is 1. The summed E-state index contributed by atoms with van der Waals surface area (Å²) >= 11 is 0. The topological polar surface area (TPSA) is 56.7 Å². The Hall–Kier alpha value is -1.62. The van der Waals surface area contributed by atoms with Gasteiger partial charge >= 0.3 is 0 Å². The molecule has 1 saturated carbocycles. The lowest BCUT2D eigenvalue weighted by Gasteiger charge is -2.37. The van der Waals surface area contributed by atoms with E-state index in [0.717, 1.165) is 43.9 Å². The summed E-state index contributed by atoms with van der Waals surface area (Å²) < 4.78 is 13.0. The molecule has 5 heteroatoms. The molecule has 3 N–H and O–H groups in total. The molecule has 1 aliphatic rings. The van der Waals surface area contributed by atoms with Gasteiger partial charge in [-0.15, -0.1) is 0 Å². The largest absolute Gasteiger partial charge is 0.396 e. The molecule has 0 aliphatic heterocycles. The number of nitrogens with zero attached hydrogens (tertiary/aromatic N) is 1. The monoisotopic (exact) mass is 335 g/mol. The standard InChI is InChI=1S/C19H30FN3O/c1-2-21-18(22-14-16-6-8-17(20)9-7-16)23-15-19(12-13-24)10-4-3-5-11-19/h6-9,24H,2-5,10-15H2,1H3,(H2,21,22,23). The van der Waals surface area contributed by atoms with E-state index in [2.05, 4.69) is 15.6 Å². The van der Waals surface area contributed by atoms with Crippen LogP contribution in [0.25, 0.3) is 0 Å². The highest BCUT2D eigenvalue weighted by Crippen LogP contribution is 2.38. The quantitative estimate of drug-likeness (QED) is 0.530. The van der Waals surface area contributed by atoms with Crippen molar-refractivity contribution < 1.29 is 9.50 Å². The van der Waals surface area contributed by atoms with Crippen LogP contribution in [-0.4, -0.2) is 30.8 Å². The first-order chi connectivity index (χ1) is 11.7. The van der Waals surface area contributed by atoms with Crippen LogP contribution in [0, 0.1) is 11.2 Å². The van der Waals surface area contributed by atoms with Gasteiger partial charge in [-0.3, -0.25) is 0 Å². The predicted molar refractivity (Wildman–Crippen MR) is 96.4 cm³/mol. The van der Waals surface area contributed by atoms with Gasteiger partial charge in [-0.25, -0.2) is 9.38 Å². The molecule has 4 nitrogen and oxygen atoms in total. The Bertz CT molecular complexity index is 504. The Morgan fingerprint density at radius 3 is 2.50 bits per heavy atom. The van der Waals surface area contributed by atoms with Gasteiger partial charge in [0.05, 0.1) is 6.54 Å². The second-order valence-electron chi connectivity index (χ2n) is 6.71. The van der Waals surface area contributed by atoms with Crippen molar-refractivity contribution in [2.45, 2.75) is 52.0 Å². The molecule has 1 aromatic carbocycles. The summed E-state index contributed by atoms with van der Waals surface area (Å²) in [5.41, 5.74) is 1.16. The van der Waals surface area contributed by atoms with Crippen molar-refractivity contribution in [3.63, 3.8) is 0 Å². The second-order valence-corrected chi connectivity index (χ2v) is 6.71. The summed E-state index contributed by atoms with van der Waals surface area (Å²) in [6.07, 6.45) is 6.95. The first kappa shape index (κ1) is 18.7. The Balaban J connectivity index is 1.95. The fourth-order valence-electron chi connectivity index (χ4n) is 3.43. The Morgan fingerprint density at radius 1 is 1.17 bits per heavy atom. The average Bonchev–Trinajstić information content (AvgIpc) is 2.60. The third-order valence-electron chi connectivity index (χ3n) is 4.86. The van der Waals surface area contributed by atoms with E-state index < -0.39 is 0 Å². The molecule has 1 fully saturated rings. The van der Waals surface area contributed by atoms with Gasteiger partial charge in [-0.2, -0.15) is 0 Å². The lowest BCUT2D eigenvalue weighted by molar-refractivity contribution is 0.131. The lowest BCUT2D eigenvalue weighted by Crippen LogP contribution is -2.44. The van der Waals surface area contributed by atoms with Gasteiger partial charge in [0.25, 0.3) is 0 Å². The number of aliphatic imine (C=N–C) groups is 1. The number of halogens is 1. The summed E-state index contributed by atoms with van der Waals surface area (Å²) in [7, 11) is 0. The first-order valence-corrected chi connectivity index (χ1v) is 9.05. The number of hydrogen-bond donors (Lipinski definition) is 3. The van der Waals surface area contributed by atoms with E-state index in [-0.39, 0.29) is 17.8 Å². The van der Waals surface area contributed by atoms with Crippen LogP contribution in [0.1, 0.15) is 51.0 Å². The third-order valence-corrected chi connectivity index (χ3v) is 4.86. The van der Waals surface area contributed by atoms with Crippen LogP contribution in [-0.2, 0) is 6.54 Å². The van der Waals surface area contributed by atoms with Crippen molar-refractivity contribution in [3.8, 4) is 0 Å². The van der Waals surface area contributed by atoms with Gasteiger partial charge in [-0.1, -0.05) is 31.4 Å². The van der Waals surface area contributed by atoms with E-state index in [0.29, 0.717) is 6.54 Å². The Kier molecular flexibility index (Phi) is 7.50. The SMILES string of the molecule is CCNC(=NCc1ccc(F)cc1)NCC1(CCO)CCCCC1. The maximum absolute atomic E-state index is 13.0. The average molecular weight is 335 g/mol. The molecule has 0 atom stereocenters. The van der Waals surface area contributed by atoms with Crippen LogP contribution < -0.4 is 10.6 Å². The number of nitrogens with one attached hydrogen (secondary N) is 2. The van der Waals surface area contributed by atoms with Crippen molar-refractivity contribution in [2.75, 3.05) is 19.7 Å². The number of aliphatic hydroxyl groups excluding tert-OH is 1. The maximum atomic E-state index is 13.0. The number of hydrogen-bond acceptors (Lipinski definition) is 2. The lowest BCUT2D eigenvalue weighted by atomic mass is 9.72. The molecule has 0 aromatic heterocycles. The molecule has 0 saturated heterocycles. The molecular weight excluding hydrogens is 305 g/mol. The molecule has 0 unspecified atom stereocenters. The van der Waals surface area contributed by atoms with Gasteiger partial charge in [-0.05, 0) is 49.3 Å². The van der Waals surface area contributed by atoms with Crippen molar-refractivity contribution in [1.29, 1.82) is 0 Å². The van der Waals surface area contributed by atoms with Crippen LogP contribution in [0.5, 0.6) is 0 Å². The van der Waals surface area contributed by atoms with Crippen LogP contribution in [0.4, 0.5) is 4.39 Å². The molecule has 134 valence electrons. The smallest absolute Gasteiger partial charge is 0.191 e. The minimum Gasteiger partial charge on any atom is -0.396 e. The highest BCUT2D eigenvalue weighted by molar-refractivity contribution is 5.79. The summed E-state index contributed by atoms with van der Waals surface area (Å²) in [6, 6.07) is 6.44. The zero-order valence-electron chi connectivity index (χ0n) is 14.7. The Morgan fingerprint density at radius 2 is 1.88 bits per heavy atom. The normalized spacial score (nSPS) is 17.5. The molecule has 24 heavy (non-hydrogen) atoms. The number of guanidine groups is 1. The molecule has 0 radical (unpaired) electrons. The predicted octanol–water partition coefficient (Wildman–Crippen LogP) is 3.21. The minimum absolute atomic E-state index is 0.180. The van der Waals surface area contributed by atoms with E-state index >= 15 is 0 Å². The molecule has 1 aromatic rings. The van der Waals surface area contributed by atoms with Gasteiger partial charge in [0.1, 0.15) is 5.82 Å². The summed E-state index contributed by atoms with van der Waals surface area (Å²) in [4.78, 5) is 4.60. The Labute approximate surface area is 144 Å². The summed E-state index contributed by atoms with van der Waals surface area (Å²) in [5.74, 6) is 0.556. The highest BCUT2D eigenvalue weighted by atomic mass is 19.1. The molecule has 1 aliphatic carbocycles. The maximum Gasteiger partial charge on any atom is 0.191 e. The number of rotatable bonds is 7.